The monoisotopic (exact) mass is 647 g/mol. The Morgan fingerprint density at radius 1 is 0.707 bits per heavy atom. The molecule has 0 unspecified atom stereocenters. The van der Waals surface area contributed by atoms with Crippen LogP contribution in [0.25, 0.3) is 0 Å². The van der Waals surface area contributed by atoms with Gasteiger partial charge in [-0.25, -0.2) is 8.42 Å². The molecule has 0 heterocycles. The SMILES string of the molecule is CCN(Cc1ccc(CC(CC(C)(C)C)CC(C)(C)C)cc1)S(=O)(=O)C(F)(F)C(F)(F)C(F)(F)C(F)(F)S(=O)(=O)O. The minimum Gasteiger partial charge on any atom is -0.281 e. The molecule has 0 aromatic heterocycles. The summed E-state index contributed by atoms with van der Waals surface area (Å²) in [6, 6.07) is 5.80. The molecule has 0 amide bonds. The number of nitrogens with zero attached hydrogens (tertiary/aromatic N) is 1. The van der Waals surface area contributed by atoms with Gasteiger partial charge in [0.25, 0.3) is 10.0 Å². The molecule has 0 atom stereocenters. The zero-order chi connectivity index (χ0) is 32.7. The van der Waals surface area contributed by atoms with Crippen LogP contribution in [0.15, 0.2) is 24.3 Å². The van der Waals surface area contributed by atoms with Gasteiger partial charge < -0.3 is 0 Å². The molecule has 0 bridgehead atoms. The van der Waals surface area contributed by atoms with E-state index in [2.05, 4.69) is 41.5 Å². The zero-order valence-corrected chi connectivity index (χ0v) is 25.4. The Kier molecular flexibility index (Phi) is 10.9. The highest BCUT2D eigenvalue weighted by Gasteiger charge is 2.87. The summed E-state index contributed by atoms with van der Waals surface area (Å²) in [6.45, 7) is 11.5. The van der Waals surface area contributed by atoms with Crippen molar-refractivity contribution in [2.75, 3.05) is 6.54 Å². The predicted molar refractivity (Wildman–Crippen MR) is 138 cm³/mol. The first-order valence-corrected chi connectivity index (χ1v) is 15.4. The van der Waals surface area contributed by atoms with Crippen LogP contribution < -0.4 is 0 Å². The second-order valence-corrected chi connectivity index (χ2v) is 15.9. The van der Waals surface area contributed by atoms with Crippen LogP contribution in [0, 0.1) is 16.7 Å². The molecule has 0 fully saturated rings. The average molecular weight is 648 g/mol. The molecule has 1 aromatic carbocycles. The van der Waals surface area contributed by atoms with Crippen molar-refractivity contribution in [2.24, 2.45) is 16.7 Å². The summed E-state index contributed by atoms with van der Waals surface area (Å²) in [6.07, 6.45) is 2.36. The molecule has 16 heteroatoms. The van der Waals surface area contributed by atoms with Gasteiger partial charge in [0.1, 0.15) is 0 Å². The summed E-state index contributed by atoms with van der Waals surface area (Å²) in [5.74, 6) is -14.7. The maximum Gasteiger partial charge on any atom is 0.438 e. The molecule has 0 saturated carbocycles. The summed E-state index contributed by atoms with van der Waals surface area (Å²) in [5, 5.41) is -14.1. The number of rotatable bonds is 13. The van der Waals surface area contributed by atoms with Gasteiger partial charge in [0, 0.05) is 13.1 Å². The number of halogens is 8. The van der Waals surface area contributed by atoms with E-state index in [1.807, 2.05) is 0 Å². The van der Waals surface area contributed by atoms with E-state index in [1.165, 1.54) is 12.1 Å². The van der Waals surface area contributed by atoms with Crippen molar-refractivity contribution in [3.63, 3.8) is 0 Å². The maximum absolute atomic E-state index is 14.5. The largest absolute Gasteiger partial charge is 0.438 e. The van der Waals surface area contributed by atoms with E-state index < -0.39 is 55.6 Å². The van der Waals surface area contributed by atoms with Crippen molar-refractivity contribution in [1.82, 2.24) is 4.31 Å². The standard InChI is InChI=1S/C25H37F8NO5S2/c1-8-34(40(35,36)24(30,31)22(26,27)23(28,29)25(32,33)41(37,38)39)16-18-11-9-17(10-12-18)13-19(14-20(2,3)4)15-21(5,6)7/h9-12,19H,8,13-16H2,1-7H3,(H,37,38,39). The molecule has 1 aromatic rings. The summed E-state index contributed by atoms with van der Waals surface area (Å²) in [5.41, 5.74) is 0.835. The van der Waals surface area contributed by atoms with Gasteiger partial charge in [0.2, 0.25) is 0 Å². The molecule has 1 rings (SSSR count). The minimum absolute atomic E-state index is 0.00323. The second kappa shape index (κ2) is 11.9. The third kappa shape index (κ3) is 8.11. The molecular weight excluding hydrogens is 610 g/mol. The first-order valence-electron chi connectivity index (χ1n) is 12.5. The molecular formula is C25H37F8NO5S2. The van der Waals surface area contributed by atoms with Crippen LogP contribution in [0.2, 0.25) is 0 Å². The van der Waals surface area contributed by atoms with Crippen LogP contribution in [0.1, 0.15) is 72.4 Å². The van der Waals surface area contributed by atoms with Crippen molar-refractivity contribution in [3.05, 3.63) is 35.4 Å². The smallest absolute Gasteiger partial charge is 0.281 e. The molecule has 240 valence electrons. The van der Waals surface area contributed by atoms with E-state index in [0.717, 1.165) is 25.3 Å². The lowest BCUT2D eigenvalue weighted by Gasteiger charge is -2.36. The first-order chi connectivity index (χ1) is 17.9. The van der Waals surface area contributed by atoms with Gasteiger partial charge in [-0.3, -0.25) is 4.55 Å². The van der Waals surface area contributed by atoms with Crippen LogP contribution >= 0.6 is 0 Å². The van der Waals surface area contributed by atoms with Crippen molar-refractivity contribution in [3.8, 4) is 0 Å². The lowest BCUT2D eigenvalue weighted by molar-refractivity contribution is -0.327. The Hall–Kier alpha value is -1.52. The Morgan fingerprint density at radius 2 is 1.07 bits per heavy atom. The Balaban J connectivity index is 3.33. The topological polar surface area (TPSA) is 91.8 Å². The fraction of sp³-hybridized carbons (Fsp3) is 0.760. The highest BCUT2D eigenvalue weighted by Crippen LogP contribution is 2.56. The van der Waals surface area contributed by atoms with Crippen molar-refractivity contribution in [1.29, 1.82) is 0 Å². The van der Waals surface area contributed by atoms with Crippen molar-refractivity contribution >= 4 is 20.1 Å². The van der Waals surface area contributed by atoms with E-state index in [0.29, 0.717) is 6.42 Å². The summed E-state index contributed by atoms with van der Waals surface area (Å²) < 4.78 is 166. The molecule has 1 N–H and O–H groups in total. The lowest BCUT2D eigenvalue weighted by atomic mass is 9.74. The van der Waals surface area contributed by atoms with Crippen LogP contribution in [0.4, 0.5) is 35.1 Å². The molecule has 0 radical (unpaired) electrons. The molecule has 0 aliphatic carbocycles. The van der Waals surface area contributed by atoms with Gasteiger partial charge >= 0.3 is 32.5 Å². The van der Waals surface area contributed by atoms with E-state index in [9.17, 15) is 52.0 Å². The second-order valence-electron chi connectivity index (χ2n) is 12.5. The van der Waals surface area contributed by atoms with E-state index in [1.54, 1.807) is 12.1 Å². The first kappa shape index (κ1) is 37.5. The normalized spacial score (nSPS) is 15.2. The Bertz CT molecular complexity index is 1240. The van der Waals surface area contributed by atoms with Gasteiger partial charge in [-0.05, 0) is 47.1 Å². The Morgan fingerprint density at radius 3 is 1.41 bits per heavy atom. The quantitative estimate of drug-likeness (QED) is 0.181. The number of benzene rings is 1. The average Bonchev–Trinajstić information content (AvgIpc) is 2.74. The number of hydrogen-bond acceptors (Lipinski definition) is 4. The van der Waals surface area contributed by atoms with Gasteiger partial charge in [-0.2, -0.15) is 47.8 Å². The highest BCUT2D eigenvalue weighted by atomic mass is 32.2. The Labute approximate surface area is 236 Å². The molecule has 0 aliphatic rings. The fourth-order valence-corrected chi connectivity index (χ4v) is 6.37. The molecule has 41 heavy (non-hydrogen) atoms. The maximum atomic E-state index is 14.5. The van der Waals surface area contributed by atoms with Crippen LogP contribution in [0.5, 0.6) is 0 Å². The molecule has 6 nitrogen and oxygen atoms in total. The minimum atomic E-state index is -7.53. The van der Waals surface area contributed by atoms with E-state index in [4.69, 9.17) is 4.55 Å². The van der Waals surface area contributed by atoms with E-state index >= 15 is 0 Å². The van der Waals surface area contributed by atoms with Gasteiger partial charge in [-0.15, -0.1) is 0 Å². The number of sulfonamides is 1. The molecule has 0 spiro atoms. The van der Waals surface area contributed by atoms with Gasteiger partial charge in [0.15, 0.2) is 0 Å². The predicted octanol–water partition coefficient (Wildman–Crippen LogP) is 7.21. The van der Waals surface area contributed by atoms with Crippen LogP contribution in [-0.4, -0.2) is 54.6 Å². The lowest BCUT2D eigenvalue weighted by Crippen LogP contribution is -2.67. The highest BCUT2D eigenvalue weighted by molar-refractivity contribution is 7.90. The third-order valence-electron chi connectivity index (χ3n) is 6.17. The van der Waals surface area contributed by atoms with E-state index in [-0.39, 0.29) is 26.6 Å². The summed E-state index contributed by atoms with van der Waals surface area (Å²) in [4.78, 5) is 0. The van der Waals surface area contributed by atoms with Gasteiger partial charge in [-0.1, -0.05) is 72.7 Å². The summed E-state index contributed by atoms with van der Waals surface area (Å²) >= 11 is 0. The molecule has 0 saturated heterocycles. The number of hydrogen-bond donors (Lipinski definition) is 1. The third-order valence-corrected chi connectivity index (χ3v) is 9.05. The van der Waals surface area contributed by atoms with Crippen LogP contribution in [0.3, 0.4) is 0 Å². The summed E-state index contributed by atoms with van der Waals surface area (Å²) in [7, 11) is -14.2. The molecule has 0 aliphatic heterocycles. The van der Waals surface area contributed by atoms with Crippen molar-refractivity contribution in [2.45, 2.75) is 96.6 Å². The fourth-order valence-electron chi connectivity index (χ4n) is 4.48. The van der Waals surface area contributed by atoms with Crippen molar-refractivity contribution < 1.29 is 56.5 Å². The van der Waals surface area contributed by atoms with Crippen LogP contribution in [-0.2, 0) is 33.1 Å². The number of alkyl halides is 8. The van der Waals surface area contributed by atoms with Gasteiger partial charge in [0.05, 0.1) is 0 Å². The zero-order valence-electron chi connectivity index (χ0n) is 23.8.